The Morgan fingerprint density at radius 3 is 2.05 bits per heavy atom. The van der Waals surface area contributed by atoms with Crippen molar-refractivity contribution in [1.29, 1.82) is 0 Å². The van der Waals surface area contributed by atoms with Gasteiger partial charge in [-0.25, -0.2) is 13.6 Å². The first-order valence-corrected chi connectivity index (χ1v) is 8.16. The minimum atomic E-state index is -3.71. The van der Waals surface area contributed by atoms with Crippen molar-refractivity contribution in [2.75, 3.05) is 19.0 Å². The van der Waals surface area contributed by atoms with Crippen molar-refractivity contribution in [1.82, 2.24) is 10.6 Å². The molecule has 0 saturated carbocycles. The normalized spacial score (nSPS) is 11.0. The second-order valence-corrected chi connectivity index (χ2v) is 6.08. The molecule has 0 bridgehead atoms. The van der Waals surface area contributed by atoms with Crippen molar-refractivity contribution in [3.63, 3.8) is 0 Å². The van der Waals surface area contributed by atoms with Crippen LogP contribution in [0.3, 0.4) is 0 Å². The molecule has 21 heavy (non-hydrogen) atoms. The Morgan fingerprint density at radius 1 is 1.05 bits per heavy atom. The third-order valence-electron chi connectivity index (χ3n) is 2.54. The fourth-order valence-corrected chi connectivity index (χ4v) is 2.10. The van der Waals surface area contributed by atoms with Crippen molar-refractivity contribution in [2.24, 2.45) is 5.14 Å². The maximum absolute atomic E-state index is 11.4. The van der Waals surface area contributed by atoms with E-state index in [-0.39, 0.29) is 23.9 Å². The fourth-order valence-electron chi connectivity index (χ4n) is 1.49. The van der Waals surface area contributed by atoms with E-state index in [2.05, 4.69) is 10.6 Å². The number of alkyl halides is 1. The molecule has 0 aliphatic carbocycles. The highest BCUT2D eigenvalue weighted by molar-refractivity contribution is 7.89. The lowest BCUT2D eigenvalue weighted by atomic mass is 10.1. The maximum Gasteiger partial charge on any atom is 0.309 e. The molecular weight excluding hydrogens is 318 g/mol. The van der Waals surface area contributed by atoms with Gasteiger partial charge in [-0.15, -0.1) is 11.6 Å². The molecule has 0 radical (unpaired) electrons. The number of amides is 2. The number of primary sulfonamides is 1. The van der Waals surface area contributed by atoms with Gasteiger partial charge in [0.1, 0.15) is 0 Å². The van der Waals surface area contributed by atoms with Gasteiger partial charge >= 0.3 is 11.8 Å². The molecule has 0 unspecified atom stereocenters. The fraction of sp³-hybridized carbons (Fsp3) is 0.333. The van der Waals surface area contributed by atoms with Gasteiger partial charge in [0.25, 0.3) is 0 Å². The quantitative estimate of drug-likeness (QED) is 0.473. The highest BCUT2D eigenvalue weighted by atomic mass is 35.5. The van der Waals surface area contributed by atoms with Gasteiger partial charge < -0.3 is 10.6 Å². The lowest BCUT2D eigenvalue weighted by Gasteiger charge is -2.06. The molecule has 0 fully saturated rings. The number of benzene rings is 1. The molecule has 0 saturated heterocycles. The monoisotopic (exact) mass is 333 g/mol. The van der Waals surface area contributed by atoms with Crippen LogP contribution in [0.5, 0.6) is 0 Å². The van der Waals surface area contributed by atoms with Crippen LogP contribution in [0, 0.1) is 0 Å². The van der Waals surface area contributed by atoms with Crippen molar-refractivity contribution in [3.8, 4) is 0 Å². The molecule has 4 N–H and O–H groups in total. The number of nitrogens with one attached hydrogen (secondary N) is 2. The van der Waals surface area contributed by atoms with Crippen molar-refractivity contribution in [3.05, 3.63) is 29.8 Å². The number of rotatable bonds is 6. The minimum absolute atomic E-state index is 0.0238. The van der Waals surface area contributed by atoms with E-state index in [1.165, 1.54) is 12.1 Å². The molecule has 0 aliphatic rings. The maximum atomic E-state index is 11.4. The third-order valence-corrected chi connectivity index (χ3v) is 3.66. The zero-order valence-corrected chi connectivity index (χ0v) is 12.7. The number of halogens is 1. The minimum Gasteiger partial charge on any atom is -0.348 e. The zero-order chi connectivity index (χ0) is 15.9. The largest absolute Gasteiger partial charge is 0.348 e. The summed E-state index contributed by atoms with van der Waals surface area (Å²) in [5.41, 5.74) is 0.809. The Labute approximate surface area is 127 Å². The van der Waals surface area contributed by atoms with E-state index in [4.69, 9.17) is 16.7 Å². The first kappa shape index (κ1) is 17.4. The van der Waals surface area contributed by atoms with Gasteiger partial charge in [0, 0.05) is 19.0 Å². The van der Waals surface area contributed by atoms with Crippen molar-refractivity contribution in [2.45, 2.75) is 11.3 Å². The van der Waals surface area contributed by atoms with Crippen LogP contribution in [-0.2, 0) is 26.0 Å². The number of carbonyl (C=O) groups excluding carboxylic acids is 2. The standard InChI is InChI=1S/C12H16ClN3O4S/c13-6-8-16-12(18)11(17)15-7-5-9-1-3-10(4-2-9)21(14,19)20/h1-4H,5-8H2,(H,15,17)(H,16,18)(H2,14,19,20). The molecule has 0 heterocycles. The van der Waals surface area contributed by atoms with Crippen LogP contribution < -0.4 is 15.8 Å². The van der Waals surface area contributed by atoms with Gasteiger partial charge in [-0.3, -0.25) is 9.59 Å². The van der Waals surface area contributed by atoms with E-state index in [1.807, 2.05) is 0 Å². The first-order chi connectivity index (χ1) is 9.84. The first-order valence-electron chi connectivity index (χ1n) is 6.08. The second kappa shape index (κ2) is 7.96. The Balaban J connectivity index is 2.42. The molecule has 9 heteroatoms. The summed E-state index contributed by atoms with van der Waals surface area (Å²) < 4.78 is 22.2. The summed E-state index contributed by atoms with van der Waals surface area (Å²) in [6, 6.07) is 5.97. The Hall–Kier alpha value is -1.64. The van der Waals surface area contributed by atoms with E-state index in [1.54, 1.807) is 12.1 Å². The van der Waals surface area contributed by atoms with Crippen molar-refractivity contribution < 1.29 is 18.0 Å². The van der Waals surface area contributed by atoms with Crippen molar-refractivity contribution >= 4 is 33.4 Å². The van der Waals surface area contributed by atoms with Crippen LogP contribution in [0.4, 0.5) is 0 Å². The summed E-state index contributed by atoms with van der Waals surface area (Å²) in [6.45, 7) is 0.477. The Kier molecular flexibility index (Phi) is 6.60. The average Bonchev–Trinajstić information content (AvgIpc) is 2.44. The molecule has 2 amide bonds. The van der Waals surface area contributed by atoms with Gasteiger partial charge in [0.15, 0.2) is 0 Å². The highest BCUT2D eigenvalue weighted by Crippen LogP contribution is 2.08. The van der Waals surface area contributed by atoms with E-state index >= 15 is 0 Å². The lowest BCUT2D eigenvalue weighted by Crippen LogP contribution is -2.41. The Morgan fingerprint density at radius 2 is 1.57 bits per heavy atom. The highest BCUT2D eigenvalue weighted by Gasteiger charge is 2.11. The molecule has 1 aromatic carbocycles. The molecule has 1 rings (SSSR count). The summed E-state index contributed by atoms with van der Waals surface area (Å²) in [6.07, 6.45) is 0.458. The number of carbonyl (C=O) groups is 2. The van der Waals surface area contributed by atoms with Crippen LogP contribution in [0.1, 0.15) is 5.56 Å². The van der Waals surface area contributed by atoms with Gasteiger partial charge in [-0.2, -0.15) is 0 Å². The number of sulfonamides is 1. The van der Waals surface area contributed by atoms with E-state index in [0.29, 0.717) is 6.42 Å². The van der Waals surface area contributed by atoms with E-state index < -0.39 is 21.8 Å². The zero-order valence-electron chi connectivity index (χ0n) is 11.1. The van der Waals surface area contributed by atoms with Crippen LogP contribution in [-0.4, -0.2) is 39.2 Å². The predicted molar refractivity (Wildman–Crippen MR) is 78.3 cm³/mol. The van der Waals surface area contributed by atoms with E-state index in [0.717, 1.165) is 5.56 Å². The average molecular weight is 334 g/mol. The lowest BCUT2D eigenvalue weighted by molar-refractivity contribution is -0.139. The molecule has 7 nitrogen and oxygen atoms in total. The van der Waals surface area contributed by atoms with Crippen LogP contribution >= 0.6 is 11.6 Å². The molecule has 0 aromatic heterocycles. The summed E-state index contributed by atoms with van der Waals surface area (Å²) in [5, 5.41) is 9.77. The van der Waals surface area contributed by atoms with Gasteiger partial charge in [-0.1, -0.05) is 12.1 Å². The topological polar surface area (TPSA) is 118 Å². The third kappa shape index (κ3) is 6.11. The van der Waals surface area contributed by atoms with Gasteiger partial charge in [0.05, 0.1) is 4.90 Å². The summed E-state index contributed by atoms with van der Waals surface area (Å²) >= 11 is 5.38. The molecule has 1 aromatic rings. The molecule has 0 spiro atoms. The van der Waals surface area contributed by atoms with Crippen LogP contribution in [0.2, 0.25) is 0 Å². The predicted octanol–water partition coefficient (Wildman–Crippen LogP) is -0.652. The van der Waals surface area contributed by atoms with Gasteiger partial charge in [0.2, 0.25) is 10.0 Å². The summed E-state index contributed by atoms with van der Waals surface area (Å²) in [5.74, 6) is -1.24. The number of hydrogen-bond acceptors (Lipinski definition) is 4. The Bertz CT molecular complexity index is 601. The smallest absolute Gasteiger partial charge is 0.309 e. The second-order valence-electron chi connectivity index (χ2n) is 4.14. The number of nitrogens with two attached hydrogens (primary N) is 1. The molecule has 116 valence electrons. The number of hydrogen-bond donors (Lipinski definition) is 3. The van der Waals surface area contributed by atoms with Crippen LogP contribution in [0.25, 0.3) is 0 Å². The summed E-state index contributed by atoms with van der Waals surface area (Å²) in [7, 11) is -3.71. The summed E-state index contributed by atoms with van der Waals surface area (Å²) in [4.78, 5) is 22.6. The molecule has 0 aliphatic heterocycles. The molecular formula is C12H16ClN3O4S. The van der Waals surface area contributed by atoms with Crippen LogP contribution in [0.15, 0.2) is 29.2 Å². The molecule has 0 atom stereocenters. The SMILES string of the molecule is NS(=O)(=O)c1ccc(CCNC(=O)C(=O)NCCCl)cc1. The van der Waals surface area contributed by atoms with Gasteiger partial charge in [-0.05, 0) is 24.1 Å². The van der Waals surface area contributed by atoms with E-state index in [9.17, 15) is 18.0 Å².